The quantitative estimate of drug-likeness (QED) is 0.841. The molecule has 0 radical (unpaired) electrons. The Labute approximate surface area is 101 Å². The van der Waals surface area contributed by atoms with E-state index in [1.807, 2.05) is 18.4 Å². The van der Waals surface area contributed by atoms with Crippen molar-refractivity contribution in [1.29, 1.82) is 0 Å². The van der Waals surface area contributed by atoms with Gasteiger partial charge in [-0.2, -0.15) is 0 Å². The molecule has 1 aromatic heterocycles. The number of rotatable bonds is 3. The molecule has 2 aromatic rings. The van der Waals surface area contributed by atoms with E-state index in [-0.39, 0.29) is 0 Å². The predicted molar refractivity (Wildman–Crippen MR) is 72.0 cm³/mol. The van der Waals surface area contributed by atoms with Gasteiger partial charge in [-0.05, 0) is 38.1 Å². The lowest BCUT2D eigenvalue weighted by Gasteiger charge is -2.05. The summed E-state index contributed by atoms with van der Waals surface area (Å²) in [5.41, 5.74) is 2.69. The van der Waals surface area contributed by atoms with Crippen LogP contribution in [0, 0.1) is 6.92 Å². The highest BCUT2D eigenvalue weighted by Crippen LogP contribution is 2.34. The lowest BCUT2D eigenvalue weighted by atomic mass is 10.1. The zero-order chi connectivity index (χ0) is 11.5. The van der Waals surface area contributed by atoms with Gasteiger partial charge in [-0.3, -0.25) is 0 Å². The number of nitrogens with one attached hydrogen (secondary N) is 1. The lowest BCUT2D eigenvalue weighted by molar-refractivity contribution is 0.664. The molecule has 0 amide bonds. The van der Waals surface area contributed by atoms with Crippen LogP contribution >= 0.6 is 11.3 Å². The summed E-state index contributed by atoms with van der Waals surface area (Å²) in [5.74, 6) is 0. The largest absolute Gasteiger partial charge is 0.313 e. The Morgan fingerprint density at radius 2 is 1.88 bits per heavy atom. The maximum absolute atomic E-state index is 3.28. The Morgan fingerprint density at radius 1 is 1.19 bits per heavy atom. The molecule has 2 rings (SSSR count). The smallest absolute Gasteiger partial charge is 0.0383 e. The van der Waals surface area contributed by atoms with Crippen LogP contribution in [0.5, 0.6) is 0 Å². The fourth-order valence-electron chi connectivity index (χ4n) is 1.74. The van der Waals surface area contributed by atoms with Crippen LogP contribution in [0.25, 0.3) is 10.4 Å². The summed E-state index contributed by atoms with van der Waals surface area (Å²) in [6.07, 6.45) is 0. The zero-order valence-corrected chi connectivity index (χ0v) is 10.8. The van der Waals surface area contributed by atoms with E-state index >= 15 is 0 Å². The van der Waals surface area contributed by atoms with Crippen LogP contribution in [-0.4, -0.2) is 7.05 Å². The molecule has 0 aliphatic heterocycles. The maximum Gasteiger partial charge on any atom is 0.0383 e. The Balaban J connectivity index is 2.40. The summed E-state index contributed by atoms with van der Waals surface area (Å²) < 4.78 is 0. The van der Waals surface area contributed by atoms with Gasteiger partial charge in [0.25, 0.3) is 0 Å². The molecule has 1 unspecified atom stereocenters. The summed E-state index contributed by atoms with van der Waals surface area (Å²) in [6.45, 7) is 4.38. The van der Waals surface area contributed by atoms with Gasteiger partial charge >= 0.3 is 0 Å². The van der Waals surface area contributed by atoms with E-state index in [9.17, 15) is 0 Å². The summed E-state index contributed by atoms with van der Waals surface area (Å²) in [6, 6.07) is 13.3. The number of benzene rings is 1. The first kappa shape index (κ1) is 11.4. The first-order chi connectivity index (χ1) is 7.72. The van der Waals surface area contributed by atoms with E-state index in [0.29, 0.717) is 6.04 Å². The maximum atomic E-state index is 3.28. The zero-order valence-electron chi connectivity index (χ0n) is 9.95. The molecular weight excluding hydrogens is 214 g/mol. The molecule has 1 heterocycles. The van der Waals surface area contributed by atoms with Crippen molar-refractivity contribution in [1.82, 2.24) is 5.32 Å². The predicted octanol–water partition coefficient (Wildman–Crippen LogP) is 4.00. The van der Waals surface area contributed by atoms with Gasteiger partial charge < -0.3 is 5.32 Å². The van der Waals surface area contributed by atoms with Crippen molar-refractivity contribution >= 4 is 11.3 Å². The molecule has 2 heteroatoms. The second-order valence-corrected chi connectivity index (χ2v) is 5.12. The van der Waals surface area contributed by atoms with Crippen LogP contribution in [-0.2, 0) is 0 Å². The molecule has 1 atom stereocenters. The SMILES string of the molecule is CNC(C)c1cc(C)c(-c2ccccc2)s1. The van der Waals surface area contributed by atoms with Gasteiger partial charge in [-0.1, -0.05) is 30.3 Å². The van der Waals surface area contributed by atoms with Crippen LogP contribution in [0.15, 0.2) is 36.4 Å². The molecule has 0 saturated carbocycles. The Bertz CT molecular complexity index is 459. The van der Waals surface area contributed by atoms with Crippen LogP contribution < -0.4 is 5.32 Å². The molecule has 16 heavy (non-hydrogen) atoms. The molecule has 0 spiro atoms. The van der Waals surface area contributed by atoms with Crippen molar-refractivity contribution in [2.45, 2.75) is 19.9 Å². The van der Waals surface area contributed by atoms with Gasteiger partial charge in [0.2, 0.25) is 0 Å². The monoisotopic (exact) mass is 231 g/mol. The van der Waals surface area contributed by atoms with Gasteiger partial charge in [0.05, 0.1) is 0 Å². The standard InChI is InChI=1S/C14H17NS/c1-10-9-13(11(2)15-3)16-14(10)12-7-5-4-6-8-12/h4-9,11,15H,1-3H3. The van der Waals surface area contributed by atoms with Crippen molar-refractivity contribution in [3.63, 3.8) is 0 Å². The fraction of sp³-hybridized carbons (Fsp3) is 0.286. The van der Waals surface area contributed by atoms with E-state index < -0.39 is 0 Å². The number of hydrogen-bond donors (Lipinski definition) is 1. The van der Waals surface area contributed by atoms with Crippen molar-refractivity contribution in [2.24, 2.45) is 0 Å². The molecule has 1 aromatic carbocycles. The average Bonchev–Trinajstić information content (AvgIpc) is 2.71. The van der Waals surface area contributed by atoms with E-state index in [0.717, 1.165) is 0 Å². The van der Waals surface area contributed by atoms with Crippen molar-refractivity contribution in [3.8, 4) is 10.4 Å². The second kappa shape index (κ2) is 4.81. The normalized spacial score (nSPS) is 12.7. The minimum atomic E-state index is 0.432. The minimum Gasteiger partial charge on any atom is -0.313 e. The Hall–Kier alpha value is -1.12. The summed E-state index contributed by atoms with van der Waals surface area (Å²) in [5, 5.41) is 3.28. The lowest BCUT2D eigenvalue weighted by Crippen LogP contribution is -2.10. The van der Waals surface area contributed by atoms with Crippen LogP contribution in [0.3, 0.4) is 0 Å². The molecule has 84 valence electrons. The number of aryl methyl sites for hydroxylation is 1. The molecule has 0 saturated heterocycles. The Kier molecular flexibility index (Phi) is 3.42. The third-order valence-corrected chi connectivity index (χ3v) is 4.30. The molecule has 0 bridgehead atoms. The summed E-state index contributed by atoms with van der Waals surface area (Å²) in [4.78, 5) is 2.79. The van der Waals surface area contributed by atoms with Gasteiger partial charge in [-0.15, -0.1) is 11.3 Å². The molecule has 1 nitrogen and oxygen atoms in total. The first-order valence-electron chi connectivity index (χ1n) is 5.55. The van der Waals surface area contributed by atoms with E-state index in [2.05, 4.69) is 55.6 Å². The van der Waals surface area contributed by atoms with E-state index in [4.69, 9.17) is 0 Å². The average molecular weight is 231 g/mol. The highest BCUT2D eigenvalue weighted by atomic mass is 32.1. The van der Waals surface area contributed by atoms with Crippen molar-refractivity contribution in [3.05, 3.63) is 46.8 Å². The van der Waals surface area contributed by atoms with E-state index in [1.54, 1.807) is 0 Å². The first-order valence-corrected chi connectivity index (χ1v) is 6.37. The van der Waals surface area contributed by atoms with Gasteiger partial charge in [0.15, 0.2) is 0 Å². The molecule has 0 aliphatic carbocycles. The highest BCUT2D eigenvalue weighted by Gasteiger charge is 2.11. The summed E-state index contributed by atoms with van der Waals surface area (Å²) >= 11 is 1.88. The highest BCUT2D eigenvalue weighted by molar-refractivity contribution is 7.15. The topological polar surface area (TPSA) is 12.0 Å². The minimum absolute atomic E-state index is 0.432. The molecule has 1 N–H and O–H groups in total. The van der Waals surface area contributed by atoms with Crippen molar-refractivity contribution < 1.29 is 0 Å². The van der Waals surface area contributed by atoms with Gasteiger partial charge in [0.1, 0.15) is 0 Å². The van der Waals surface area contributed by atoms with Crippen LogP contribution in [0.2, 0.25) is 0 Å². The third-order valence-electron chi connectivity index (χ3n) is 2.83. The summed E-state index contributed by atoms with van der Waals surface area (Å²) in [7, 11) is 2.00. The fourth-order valence-corrected chi connectivity index (χ4v) is 2.98. The molecule has 0 aliphatic rings. The second-order valence-electron chi connectivity index (χ2n) is 4.04. The van der Waals surface area contributed by atoms with Gasteiger partial charge in [-0.25, -0.2) is 0 Å². The molecule has 0 fully saturated rings. The number of thiophene rings is 1. The number of hydrogen-bond acceptors (Lipinski definition) is 2. The van der Waals surface area contributed by atoms with Crippen LogP contribution in [0.4, 0.5) is 0 Å². The van der Waals surface area contributed by atoms with Crippen molar-refractivity contribution in [2.75, 3.05) is 7.05 Å². The van der Waals surface area contributed by atoms with E-state index in [1.165, 1.54) is 20.9 Å². The Morgan fingerprint density at radius 3 is 2.50 bits per heavy atom. The van der Waals surface area contributed by atoms with Crippen LogP contribution in [0.1, 0.15) is 23.4 Å². The van der Waals surface area contributed by atoms with Gasteiger partial charge in [0, 0.05) is 15.8 Å². The molecular formula is C14H17NS. The third kappa shape index (κ3) is 2.18.